The molecule has 0 bridgehead atoms. The van der Waals surface area contributed by atoms with Crippen LogP contribution in [-0.4, -0.2) is 32.1 Å². The molecule has 6 nitrogen and oxygen atoms in total. The van der Waals surface area contributed by atoms with Gasteiger partial charge in [-0.25, -0.2) is 0 Å². The van der Waals surface area contributed by atoms with Gasteiger partial charge in [-0.05, 0) is 43.3 Å². The van der Waals surface area contributed by atoms with Gasteiger partial charge in [0.05, 0.1) is 13.7 Å². The van der Waals surface area contributed by atoms with Crippen molar-refractivity contribution in [2.24, 2.45) is 10.7 Å². The fourth-order valence-electron chi connectivity index (χ4n) is 2.01. The van der Waals surface area contributed by atoms with Gasteiger partial charge in [-0.3, -0.25) is 9.79 Å². The number of methoxy groups -OCH3 is 1. The van der Waals surface area contributed by atoms with Crippen LogP contribution in [0.1, 0.15) is 15.9 Å². The zero-order valence-corrected chi connectivity index (χ0v) is 13.9. The molecular weight excluding hydrogens is 304 g/mol. The number of hydrogen-bond donors (Lipinski definition) is 3. The molecule has 24 heavy (non-hydrogen) atoms. The van der Waals surface area contributed by atoms with E-state index in [1.165, 1.54) is 5.56 Å². The highest BCUT2D eigenvalue weighted by Gasteiger charge is 2.04. The molecule has 2 rings (SSSR count). The summed E-state index contributed by atoms with van der Waals surface area (Å²) in [6.45, 7) is 2.82. The highest BCUT2D eigenvalue weighted by atomic mass is 16.5. The molecule has 0 radical (unpaired) electrons. The summed E-state index contributed by atoms with van der Waals surface area (Å²) in [5.41, 5.74) is 8.45. The molecule has 6 heteroatoms. The molecule has 0 heterocycles. The first-order valence-electron chi connectivity index (χ1n) is 7.64. The second-order valence-corrected chi connectivity index (χ2v) is 5.24. The molecule has 0 aliphatic rings. The predicted octanol–water partition coefficient (Wildman–Crippen LogP) is 2.16. The number of nitrogens with two attached hydrogens (primary N) is 1. The topological polar surface area (TPSA) is 88.7 Å². The third kappa shape index (κ3) is 5.31. The van der Waals surface area contributed by atoms with Crippen LogP contribution in [0.4, 0.5) is 5.69 Å². The molecule has 0 saturated carbocycles. The van der Waals surface area contributed by atoms with Gasteiger partial charge in [-0.2, -0.15) is 0 Å². The highest BCUT2D eigenvalue weighted by molar-refractivity contribution is 5.94. The van der Waals surface area contributed by atoms with E-state index >= 15 is 0 Å². The van der Waals surface area contributed by atoms with Crippen LogP contribution in [0.25, 0.3) is 0 Å². The lowest BCUT2D eigenvalue weighted by Gasteiger charge is -2.07. The number of hydrogen-bond acceptors (Lipinski definition) is 3. The minimum Gasteiger partial charge on any atom is -0.497 e. The van der Waals surface area contributed by atoms with Gasteiger partial charge in [-0.15, -0.1) is 0 Å². The number of anilines is 1. The Balaban J connectivity index is 1.76. The molecule has 0 aliphatic carbocycles. The van der Waals surface area contributed by atoms with Gasteiger partial charge < -0.3 is 21.1 Å². The third-order valence-corrected chi connectivity index (χ3v) is 3.36. The standard InChI is InChI=1S/C18H22N4O2/c1-13-3-7-15(8-4-13)22-18(19)21-12-11-20-17(23)14-5-9-16(24-2)10-6-14/h3-10H,11-12H2,1-2H3,(H,20,23)(H3,19,21,22). The highest BCUT2D eigenvalue weighted by Crippen LogP contribution is 2.11. The van der Waals surface area contributed by atoms with E-state index in [9.17, 15) is 4.79 Å². The Hall–Kier alpha value is -3.02. The Bertz CT molecular complexity index is 694. The number of ether oxygens (including phenoxy) is 1. The molecule has 2 aromatic rings. The first-order valence-corrected chi connectivity index (χ1v) is 7.64. The third-order valence-electron chi connectivity index (χ3n) is 3.36. The number of rotatable bonds is 6. The zero-order valence-electron chi connectivity index (χ0n) is 13.9. The van der Waals surface area contributed by atoms with Gasteiger partial charge in [0.1, 0.15) is 5.75 Å². The van der Waals surface area contributed by atoms with Crippen LogP contribution in [0.15, 0.2) is 53.5 Å². The largest absolute Gasteiger partial charge is 0.497 e. The quantitative estimate of drug-likeness (QED) is 0.431. The molecule has 0 unspecified atom stereocenters. The maximum Gasteiger partial charge on any atom is 0.251 e. The molecule has 0 fully saturated rings. The maximum absolute atomic E-state index is 12.0. The number of nitrogens with zero attached hydrogens (tertiary/aromatic N) is 1. The van der Waals surface area contributed by atoms with E-state index in [0.29, 0.717) is 30.4 Å². The van der Waals surface area contributed by atoms with E-state index in [2.05, 4.69) is 15.6 Å². The van der Waals surface area contributed by atoms with Gasteiger partial charge in [0.25, 0.3) is 5.91 Å². The lowest BCUT2D eigenvalue weighted by atomic mass is 10.2. The molecule has 1 amide bonds. The minimum absolute atomic E-state index is 0.155. The summed E-state index contributed by atoms with van der Waals surface area (Å²) in [5.74, 6) is 0.876. The van der Waals surface area contributed by atoms with Crippen molar-refractivity contribution in [2.45, 2.75) is 6.92 Å². The van der Waals surface area contributed by atoms with E-state index in [0.717, 1.165) is 5.69 Å². The first-order chi connectivity index (χ1) is 11.6. The van der Waals surface area contributed by atoms with Crippen molar-refractivity contribution in [3.8, 4) is 5.75 Å². The normalized spacial score (nSPS) is 11.0. The Morgan fingerprint density at radius 2 is 1.79 bits per heavy atom. The fraction of sp³-hybridized carbons (Fsp3) is 0.222. The summed E-state index contributed by atoms with van der Waals surface area (Å²) in [6.07, 6.45) is 0. The summed E-state index contributed by atoms with van der Waals surface area (Å²) < 4.78 is 5.06. The van der Waals surface area contributed by atoms with E-state index in [4.69, 9.17) is 10.5 Å². The van der Waals surface area contributed by atoms with Crippen LogP contribution in [0.2, 0.25) is 0 Å². The number of guanidine groups is 1. The molecule has 0 aliphatic heterocycles. The number of benzene rings is 2. The molecule has 0 spiro atoms. The molecule has 2 aromatic carbocycles. The van der Waals surface area contributed by atoms with Gasteiger partial charge >= 0.3 is 0 Å². The van der Waals surface area contributed by atoms with E-state index in [1.54, 1.807) is 31.4 Å². The number of carbonyl (C=O) groups excluding carboxylic acids is 1. The molecule has 0 atom stereocenters. The Labute approximate surface area is 141 Å². The first kappa shape index (κ1) is 17.3. The van der Waals surface area contributed by atoms with Crippen LogP contribution >= 0.6 is 0 Å². The van der Waals surface area contributed by atoms with Gasteiger partial charge in [0.2, 0.25) is 0 Å². The average molecular weight is 326 g/mol. The Morgan fingerprint density at radius 3 is 2.42 bits per heavy atom. The van der Waals surface area contributed by atoms with Crippen molar-refractivity contribution < 1.29 is 9.53 Å². The van der Waals surface area contributed by atoms with Crippen LogP contribution in [0.3, 0.4) is 0 Å². The van der Waals surface area contributed by atoms with Gasteiger partial charge in [0, 0.05) is 17.8 Å². The second kappa shape index (κ2) is 8.57. The van der Waals surface area contributed by atoms with Crippen molar-refractivity contribution in [3.05, 3.63) is 59.7 Å². The van der Waals surface area contributed by atoms with Crippen LogP contribution in [0.5, 0.6) is 5.75 Å². The van der Waals surface area contributed by atoms with Gasteiger partial charge in [0.15, 0.2) is 5.96 Å². The molecule has 0 saturated heterocycles. The molecular formula is C18H22N4O2. The Morgan fingerprint density at radius 1 is 1.12 bits per heavy atom. The molecule has 4 N–H and O–H groups in total. The number of carbonyl (C=O) groups is 1. The number of nitrogens with one attached hydrogen (secondary N) is 2. The molecule has 126 valence electrons. The summed E-state index contributed by atoms with van der Waals surface area (Å²) in [6, 6.07) is 14.8. The predicted molar refractivity (Wildman–Crippen MR) is 96.6 cm³/mol. The van der Waals surface area contributed by atoms with Crippen molar-refractivity contribution >= 4 is 17.6 Å². The monoisotopic (exact) mass is 326 g/mol. The maximum atomic E-state index is 12.0. The number of aliphatic imine (C=N–C) groups is 1. The van der Waals surface area contributed by atoms with Crippen LogP contribution in [-0.2, 0) is 0 Å². The summed E-state index contributed by atoms with van der Waals surface area (Å²) in [4.78, 5) is 16.1. The van der Waals surface area contributed by atoms with E-state index in [-0.39, 0.29) is 5.91 Å². The van der Waals surface area contributed by atoms with E-state index < -0.39 is 0 Å². The molecule has 0 aromatic heterocycles. The van der Waals surface area contributed by atoms with E-state index in [1.807, 2.05) is 31.2 Å². The number of amides is 1. The fourth-order valence-corrected chi connectivity index (χ4v) is 2.01. The second-order valence-electron chi connectivity index (χ2n) is 5.24. The lowest BCUT2D eigenvalue weighted by Crippen LogP contribution is -2.28. The lowest BCUT2D eigenvalue weighted by molar-refractivity contribution is 0.0955. The van der Waals surface area contributed by atoms with Crippen LogP contribution < -0.4 is 21.1 Å². The van der Waals surface area contributed by atoms with Crippen molar-refractivity contribution in [3.63, 3.8) is 0 Å². The summed E-state index contributed by atoms with van der Waals surface area (Å²) >= 11 is 0. The Kier molecular flexibility index (Phi) is 6.19. The van der Waals surface area contributed by atoms with Gasteiger partial charge in [-0.1, -0.05) is 17.7 Å². The number of aryl methyl sites for hydroxylation is 1. The smallest absolute Gasteiger partial charge is 0.251 e. The van der Waals surface area contributed by atoms with Crippen molar-refractivity contribution in [2.75, 3.05) is 25.5 Å². The van der Waals surface area contributed by atoms with Crippen molar-refractivity contribution in [1.82, 2.24) is 5.32 Å². The minimum atomic E-state index is -0.155. The SMILES string of the molecule is COc1ccc(C(=O)NCCN=C(N)Nc2ccc(C)cc2)cc1. The average Bonchev–Trinajstić information content (AvgIpc) is 2.60. The van der Waals surface area contributed by atoms with Crippen LogP contribution in [0, 0.1) is 6.92 Å². The summed E-state index contributed by atoms with van der Waals surface area (Å²) in [7, 11) is 1.59. The van der Waals surface area contributed by atoms with Crippen molar-refractivity contribution in [1.29, 1.82) is 0 Å². The zero-order chi connectivity index (χ0) is 17.4. The summed E-state index contributed by atoms with van der Waals surface area (Å²) in [5, 5.41) is 5.80.